The van der Waals surface area contributed by atoms with Crippen LogP contribution in [0.4, 0.5) is 0 Å². The summed E-state index contributed by atoms with van der Waals surface area (Å²) in [5.74, 6) is -0.870. The highest BCUT2D eigenvalue weighted by molar-refractivity contribution is 5.71. The van der Waals surface area contributed by atoms with Crippen molar-refractivity contribution in [2.24, 2.45) is 0 Å². The second-order valence-electron chi connectivity index (χ2n) is 21.3. The van der Waals surface area contributed by atoms with E-state index in [2.05, 4.69) is 32.9 Å². The summed E-state index contributed by atoms with van der Waals surface area (Å²) in [7, 11) is 0. The van der Waals surface area contributed by atoms with Crippen LogP contribution in [-0.2, 0) is 28.6 Å². The molecule has 6 heteroatoms. The summed E-state index contributed by atoms with van der Waals surface area (Å²) in [5.41, 5.74) is 0. The molecule has 1 atom stereocenters. The zero-order valence-corrected chi connectivity index (χ0v) is 46.9. The maximum atomic E-state index is 12.7. The van der Waals surface area contributed by atoms with Crippen molar-refractivity contribution in [2.75, 3.05) is 13.2 Å². The van der Waals surface area contributed by atoms with E-state index in [1.807, 2.05) is 0 Å². The summed E-state index contributed by atoms with van der Waals surface area (Å²) in [6.07, 6.45) is 68.6. The zero-order valence-electron chi connectivity index (χ0n) is 46.9. The standard InChI is InChI=1S/C63H120O6/c1-4-7-10-13-16-18-20-22-23-24-25-26-27-28-29-30-31-32-33-34-35-36-37-38-39-40-41-42-44-45-47-50-53-56-62(65)68-59-60(58-67-61(64)55-52-49-15-12-9-6-3)69-63(66)57-54-51-48-46-43-21-19-17-14-11-8-5-2/h17,19,60H,4-16,18,20-59H2,1-3H3/b19-17-. The van der Waals surface area contributed by atoms with Crippen LogP contribution in [0.3, 0.4) is 0 Å². The van der Waals surface area contributed by atoms with Crippen molar-refractivity contribution in [1.29, 1.82) is 0 Å². The van der Waals surface area contributed by atoms with Crippen LogP contribution in [0, 0.1) is 0 Å². The lowest BCUT2D eigenvalue weighted by atomic mass is 10.0. The molecule has 0 spiro atoms. The molecule has 0 rings (SSSR count). The van der Waals surface area contributed by atoms with Crippen LogP contribution >= 0.6 is 0 Å². The Morgan fingerprint density at radius 1 is 0.275 bits per heavy atom. The molecule has 0 radical (unpaired) electrons. The number of allylic oxidation sites excluding steroid dienone is 2. The molecule has 0 aliphatic rings. The van der Waals surface area contributed by atoms with E-state index in [0.29, 0.717) is 19.3 Å². The Morgan fingerprint density at radius 2 is 0.478 bits per heavy atom. The van der Waals surface area contributed by atoms with Crippen LogP contribution in [0.1, 0.15) is 355 Å². The van der Waals surface area contributed by atoms with Gasteiger partial charge in [0.25, 0.3) is 0 Å². The third-order valence-corrected chi connectivity index (χ3v) is 14.3. The number of carbonyl (C=O) groups excluding carboxylic acids is 3. The first kappa shape index (κ1) is 67.1. The van der Waals surface area contributed by atoms with Gasteiger partial charge in [0.1, 0.15) is 13.2 Å². The van der Waals surface area contributed by atoms with E-state index in [1.54, 1.807) is 0 Å². The van der Waals surface area contributed by atoms with Crippen molar-refractivity contribution in [2.45, 2.75) is 361 Å². The molecule has 0 bridgehead atoms. The van der Waals surface area contributed by atoms with E-state index in [-0.39, 0.29) is 31.1 Å². The van der Waals surface area contributed by atoms with Gasteiger partial charge in [0.2, 0.25) is 0 Å². The van der Waals surface area contributed by atoms with Gasteiger partial charge in [0, 0.05) is 19.3 Å². The highest BCUT2D eigenvalue weighted by Crippen LogP contribution is 2.18. The van der Waals surface area contributed by atoms with Crippen LogP contribution in [0.5, 0.6) is 0 Å². The first-order chi connectivity index (χ1) is 34.0. The van der Waals surface area contributed by atoms with Gasteiger partial charge >= 0.3 is 17.9 Å². The van der Waals surface area contributed by atoms with Gasteiger partial charge in [0.15, 0.2) is 6.10 Å². The van der Waals surface area contributed by atoms with Gasteiger partial charge in [-0.2, -0.15) is 0 Å². The second kappa shape index (κ2) is 58.7. The molecule has 0 saturated carbocycles. The van der Waals surface area contributed by atoms with Gasteiger partial charge in [-0.05, 0) is 44.9 Å². The molecule has 0 fully saturated rings. The van der Waals surface area contributed by atoms with Crippen molar-refractivity contribution in [3.05, 3.63) is 12.2 Å². The fourth-order valence-corrected chi connectivity index (χ4v) is 9.56. The van der Waals surface area contributed by atoms with Gasteiger partial charge in [-0.1, -0.05) is 303 Å². The number of hydrogen-bond donors (Lipinski definition) is 0. The van der Waals surface area contributed by atoms with Crippen LogP contribution in [0.15, 0.2) is 12.2 Å². The Bertz CT molecular complexity index is 1070. The first-order valence-corrected chi connectivity index (χ1v) is 31.2. The highest BCUT2D eigenvalue weighted by Gasteiger charge is 2.19. The normalized spacial score (nSPS) is 12.0. The minimum absolute atomic E-state index is 0.0690. The second-order valence-corrected chi connectivity index (χ2v) is 21.3. The maximum absolute atomic E-state index is 12.7. The quantitative estimate of drug-likeness (QED) is 0.0261. The third-order valence-electron chi connectivity index (χ3n) is 14.3. The summed E-state index contributed by atoms with van der Waals surface area (Å²) < 4.78 is 16.7. The van der Waals surface area contributed by atoms with Crippen LogP contribution in [0.25, 0.3) is 0 Å². The molecule has 0 aromatic heterocycles. The van der Waals surface area contributed by atoms with Gasteiger partial charge in [-0.25, -0.2) is 0 Å². The molecule has 0 amide bonds. The summed E-state index contributed by atoms with van der Waals surface area (Å²) in [6.45, 7) is 6.60. The van der Waals surface area contributed by atoms with Crippen molar-refractivity contribution < 1.29 is 28.6 Å². The molecular weight excluding hydrogens is 853 g/mol. The van der Waals surface area contributed by atoms with Crippen LogP contribution in [-0.4, -0.2) is 37.2 Å². The average Bonchev–Trinajstić information content (AvgIpc) is 3.35. The van der Waals surface area contributed by atoms with E-state index < -0.39 is 6.10 Å². The highest BCUT2D eigenvalue weighted by atomic mass is 16.6. The lowest BCUT2D eigenvalue weighted by Crippen LogP contribution is -2.30. The van der Waals surface area contributed by atoms with E-state index in [0.717, 1.165) is 64.2 Å². The smallest absolute Gasteiger partial charge is 0.306 e. The van der Waals surface area contributed by atoms with Gasteiger partial charge in [0.05, 0.1) is 0 Å². The Balaban J connectivity index is 3.84. The lowest BCUT2D eigenvalue weighted by Gasteiger charge is -2.18. The Hall–Kier alpha value is -1.85. The lowest BCUT2D eigenvalue weighted by molar-refractivity contribution is -0.167. The molecule has 0 aromatic rings. The molecule has 0 aliphatic heterocycles. The monoisotopic (exact) mass is 973 g/mol. The third kappa shape index (κ3) is 56.9. The minimum atomic E-state index is -0.766. The van der Waals surface area contributed by atoms with Crippen LogP contribution < -0.4 is 0 Å². The number of unbranched alkanes of at least 4 members (excludes halogenated alkanes) is 45. The fourth-order valence-electron chi connectivity index (χ4n) is 9.56. The molecule has 0 aromatic carbocycles. The number of carbonyl (C=O) groups is 3. The van der Waals surface area contributed by atoms with Crippen molar-refractivity contribution in [3.63, 3.8) is 0 Å². The molecule has 0 saturated heterocycles. The number of esters is 3. The maximum Gasteiger partial charge on any atom is 0.306 e. The number of ether oxygens (including phenoxy) is 3. The summed E-state index contributed by atoms with van der Waals surface area (Å²) in [4.78, 5) is 37.8. The summed E-state index contributed by atoms with van der Waals surface area (Å²) in [6, 6.07) is 0. The molecule has 0 heterocycles. The zero-order chi connectivity index (χ0) is 50.0. The Labute approximate surface area is 431 Å². The van der Waals surface area contributed by atoms with Crippen molar-refractivity contribution in [3.8, 4) is 0 Å². The largest absolute Gasteiger partial charge is 0.462 e. The fraction of sp³-hybridized carbons (Fsp3) is 0.921. The topological polar surface area (TPSA) is 78.9 Å². The predicted octanol–water partition coefficient (Wildman–Crippen LogP) is 20.9. The molecule has 1 unspecified atom stereocenters. The van der Waals surface area contributed by atoms with E-state index >= 15 is 0 Å². The number of rotatable bonds is 58. The predicted molar refractivity (Wildman–Crippen MR) is 298 cm³/mol. The van der Waals surface area contributed by atoms with Gasteiger partial charge in [-0.3, -0.25) is 14.4 Å². The Morgan fingerprint density at radius 3 is 0.754 bits per heavy atom. The van der Waals surface area contributed by atoms with Crippen LogP contribution in [0.2, 0.25) is 0 Å². The Kier molecular flexibility index (Phi) is 57.1. The van der Waals surface area contributed by atoms with Crippen molar-refractivity contribution >= 4 is 17.9 Å². The molecule has 408 valence electrons. The SMILES string of the molecule is CCCCC/C=C\CCCCCCCC(=O)OC(COC(=O)CCCCCCCC)COC(=O)CCCCCCCCCCCCCCCCCCCCCCCCCCCCCCCCCCC. The summed E-state index contributed by atoms with van der Waals surface area (Å²) >= 11 is 0. The number of hydrogen-bond acceptors (Lipinski definition) is 6. The first-order valence-electron chi connectivity index (χ1n) is 31.2. The van der Waals surface area contributed by atoms with Crippen molar-refractivity contribution in [1.82, 2.24) is 0 Å². The molecule has 0 N–H and O–H groups in total. The molecule has 69 heavy (non-hydrogen) atoms. The van der Waals surface area contributed by atoms with E-state index in [1.165, 1.54) is 250 Å². The molecule has 6 nitrogen and oxygen atoms in total. The summed E-state index contributed by atoms with van der Waals surface area (Å²) in [5, 5.41) is 0. The molecular formula is C63H120O6. The van der Waals surface area contributed by atoms with E-state index in [4.69, 9.17) is 14.2 Å². The van der Waals surface area contributed by atoms with E-state index in [9.17, 15) is 14.4 Å². The minimum Gasteiger partial charge on any atom is -0.462 e. The van der Waals surface area contributed by atoms with Gasteiger partial charge < -0.3 is 14.2 Å². The average molecular weight is 974 g/mol. The van der Waals surface area contributed by atoms with Gasteiger partial charge in [-0.15, -0.1) is 0 Å². The molecule has 0 aliphatic carbocycles.